The molecular formula is C15H16O2. The number of fused-ring (bicyclic) bond motifs is 1. The zero-order chi connectivity index (χ0) is 12.5. The lowest BCUT2D eigenvalue weighted by atomic mass is 9.90. The minimum Gasteiger partial charge on any atom is -0.475 e. The van der Waals surface area contributed by atoms with Crippen LogP contribution in [0, 0.1) is 12.3 Å². The van der Waals surface area contributed by atoms with Crippen LogP contribution in [0.3, 0.4) is 0 Å². The molecule has 0 aliphatic heterocycles. The van der Waals surface area contributed by atoms with Crippen LogP contribution in [0.1, 0.15) is 42.6 Å². The summed E-state index contributed by atoms with van der Waals surface area (Å²) in [5, 5.41) is 0. The van der Waals surface area contributed by atoms with Crippen molar-refractivity contribution in [1.29, 1.82) is 0 Å². The SMILES string of the molecule is C#CC(C)(C)Oc1ccc2c(c1)C(=O)CCC2. The van der Waals surface area contributed by atoms with Crippen LogP contribution in [-0.4, -0.2) is 11.4 Å². The molecule has 0 unspecified atom stereocenters. The molecule has 1 aromatic carbocycles. The summed E-state index contributed by atoms with van der Waals surface area (Å²) in [4.78, 5) is 11.8. The molecule has 0 radical (unpaired) electrons. The number of benzene rings is 1. The monoisotopic (exact) mass is 228 g/mol. The molecule has 1 aromatic rings. The van der Waals surface area contributed by atoms with Crippen molar-refractivity contribution in [2.24, 2.45) is 0 Å². The lowest BCUT2D eigenvalue weighted by molar-refractivity contribution is 0.0971. The molecule has 2 rings (SSSR count). The Morgan fingerprint density at radius 3 is 2.82 bits per heavy atom. The summed E-state index contributed by atoms with van der Waals surface area (Å²) in [5.74, 6) is 3.45. The summed E-state index contributed by atoms with van der Waals surface area (Å²) >= 11 is 0. The van der Waals surface area contributed by atoms with Gasteiger partial charge in [0.2, 0.25) is 0 Å². The Balaban J connectivity index is 2.31. The molecule has 88 valence electrons. The van der Waals surface area contributed by atoms with Gasteiger partial charge in [-0.05, 0) is 44.4 Å². The first-order chi connectivity index (χ1) is 8.02. The Kier molecular flexibility index (Phi) is 2.93. The van der Waals surface area contributed by atoms with Crippen molar-refractivity contribution >= 4 is 5.78 Å². The molecule has 2 nitrogen and oxygen atoms in total. The standard InChI is InChI=1S/C15H16O2/c1-4-15(2,3)17-12-9-8-11-6-5-7-14(16)13(11)10-12/h1,8-10H,5-7H2,2-3H3. The van der Waals surface area contributed by atoms with Gasteiger partial charge in [0.05, 0.1) is 0 Å². The summed E-state index contributed by atoms with van der Waals surface area (Å²) in [6, 6.07) is 5.67. The Hall–Kier alpha value is -1.75. The van der Waals surface area contributed by atoms with Gasteiger partial charge in [-0.25, -0.2) is 0 Å². The number of ketones is 1. The van der Waals surface area contributed by atoms with Crippen molar-refractivity contribution < 1.29 is 9.53 Å². The van der Waals surface area contributed by atoms with Crippen LogP contribution in [0.25, 0.3) is 0 Å². The molecule has 0 fully saturated rings. The zero-order valence-corrected chi connectivity index (χ0v) is 10.2. The van der Waals surface area contributed by atoms with Gasteiger partial charge in [0.15, 0.2) is 11.4 Å². The molecule has 1 aliphatic carbocycles. The first-order valence-corrected chi connectivity index (χ1v) is 5.85. The largest absolute Gasteiger partial charge is 0.475 e. The lowest BCUT2D eigenvalue weighted by Gasteiger charge is -2.22. The third kappa shape index (κ3) is 2.50. The van der Waals surface area contributed by atoms with E-state index in [-0.39, 0.29) is 5.78 Å². The number of terminal acetylenes is 1. The highest BCUT2D eigenvalue weighted by atomic mass is 16.5. The average molecular weight is 228 g/mol. The quantitative estimate of drug-likeness (QED) is 0.727. The maximum atomic E-state index is 11.8. The minimum atomic E-state index is -0.647. The third-order valence-electron chi connectivity index (χ3n) is 2.95. The normalized spacial score (nSPS) is 15.0. The Labute approximate surface area is 102 Å². The molecule has 2 heteroatoms. The van der Waals surface area contributed by atoms with E-state index in [1.807, 2.05) is 32.0 Å². The summed E-state index contributed by atoms with van der Waals surface area (Å²) < 4.78 is 5.68. The zero-order valence-electron chi connectivity index (χ0n) is 10.2. The van der Waals surface area contributed by atoms with E-state index in [0.29, 0.717) is 12.2 Å². The van der Waals surface area contributed by atoms with Crippen LogP contribution in [0.4, 0.5) is 0 Å². The number of Topliss-reactive ketones (excluding diaryl/α,β-unsaturated/α-hetero) is 1. The number of aryl methyl sites for hydroxylation is 1. The van der Waals surface area contributed by atoms with E-state index in [9.17, 15) is 4.79 Å². The van der Waals surface area contributed by atoms with E-state index < -0.39 is 5.60 Å². The van der Waals surface area contributed by atoms with Gasteiger partial charge < -0.3 is 4.74 Å². The predicted molar refractivity (Wildman–Crippen MR) is 67.3 cm³/mol. The number of ether oxygens (including phenoxy) is 1. The number of rotatable bonds is 2. The molecule has 0 atom stereocenters. The minimum absolute atomic E-state index is 0.204. The highest BCUT2D eigenvalue weighted by Crippen LogP contribution is 2.27. The predicted octanol–water partition coefficient (Wildman–Crippen LogP) is 3.00. The number of carbonyl (C=O) groups is 1. The Morgan fingerprint density at radius 1 is 1.35 bits per heavy atom. The van der Waals surface area contributed by atoms with Crippen molar-refractivity contribution in [2.75, 3.05) is 0 Å². The smallest absolute Gasteiger partial charge is 0.163 e. The van der Waals surface area contributed by atoms with Crippen LogP contribution >= 0.6 is 0 Å². The first-order valence-electron chi connectivity index (χ1n) is 5.85. The molecule has 0 amide bonds. The van der Waals surface area contributed by atoms with Gasteiger partial charge in [-0.15, -0.1) is 6.42 Å². The Morgan fingerprint density at radius 2 is 2.12 bits per heavy atom. The molecule has 0 N–H and O–H groups in total. The third-order valence-corrected chi connectivity index (χ3v) is 2.95. The summed E-state index contributed by atoms with van der Waals surface area (Å²) in [6.07, 6.45) is 7.93. The van der Waals surface area contributed by atoms with Crippen LogP contribution in [0.2, 0.25) is 0 Å². The van der Waals surface area contributed by atoms with Gasteiger partial charge in [-0.1, -0.05) is 12.0 Å². The van der Waals surface area contributed by atoms with E-state index in [1.165, 1.54) is 0 Å². The number of carbonyl (C=O) groups excluding carboxylic acids is 1. The maximum Gasteiger partial charge on any atom is 0.163 e. The molecule has 0 saturated carbocycles. The summed E-state index contributed by atoms with van der Waals surface area (Å²) in [5.41, 5.74) is 1.26. The summed E-state index contributed by atoms with van der Waals surface area (Å²) in [6.45, 7) is 3.66. The summed E-state index contributed by atoms with van der Waals surface area (Å²) in [7, 11) is 0. The van der Waals surface area contributed by atoms with Gasteiger partial charge in [0, 0.05) is 12.0 Å². The molecule has 0 saturated heterocycles. The molecule has 17 heavy (non-hydrogen) atoms. The van der Waals surface area contributed by atoms with E-state index in [4.69, 9.17) is 11.2 Å². The molecule has 0 aromatic heterocycles. The second kappa shape index (κ2) is 4.25. The average Bonchev–Trinajstić information content (AvgIpc) is 2.30. The van der Waals surface area contributed by atoms with E-state index in [2.05, 4.69) is 5.92 Å². The molecule has 0 spiro atoms. The van der Waals surface area contributed by atoms with Gasteiger partial charge in [-0.3, -0.25) is 4.79 Å². The van der Waals surface area contributed by atoms with Crippen LogP contribution in [0.15, 0.2) is 18.2 Å². The fourth-order valence-corrected chi connectivity index (χ4v) is 1.99. The van der Waals surface area contributed by atoms with Crippen molar-refractivity contribution in [3.05, 3.63) is 29.3 Å². The van der Waals surface area contributed by atoms with E-state index in [0.717, 1.165) is 24.0 Å². The van der Waals surface area contributed by atoms with Crippen LogP contribution in [0.5, 0.6) is 5.75 Å². The van der Waals surface area contributed by atoms with Crippen molar-refractivity contribution in [3.63, 3.8) is 0 Å². The second-order valence-electron chi connectivity index (χ2n) is 4.85. The van der Waals surface area contributed by atoms with E-state index in [1.54, 1.807) is 0 Å². The molecule has 0 bridgehead atoms. The van der Waals surface area contributed by atoms with Gasteiger partial charge in [-0.2, -0.15) is 0 Å². The van der Waals surface area contributed by atoms with Crippen LogP contribution < -0.4 is 4.74 Å². The topological polar surface area (TPSA) is 26.3 Å². The van der Waals surface area contributed by atoms with Gasteiger partial charge in [0.1, 0.15) is 5.75 Å². The lowest BCUT2D eigenvalue weighted by Crippen LogP contribution is -2.25. The highest BCUT2D eigenvalue weighted by Gasteiger charge is 2.20. The van der Waals surface area contributed by atoms with Crippen molar-refractivity contribution in [1.82, 2.24) is 0 Å². The van der Waals surface area contributed by atoms with Gasteiger partial charge >= 0.3 is 0 Å². The second-order valence-corrected chi connectivity index (χ2v) is 4.85. The van der Waals surface area contributed by atoms with Crippen molar-refractivity contribution in [3.8, 4) is 18.1 Å². The van der Waals surface area contributed by atoms with Gasteiger partial charge in [0.25, 0.3) is 0 Å². The number of hydrogen-bond acceptors (Lipinski definition) is 2. The maximum absolute atomic E-state index is 11.8. The molecule has 0 heterocycles. The molecule has 1 aliphatic rings. The fourth-order valence-electron chi connectivity index (χ4n) is 1.99. The molecular weight excluding hydrogens is 212 g/mol. The highest BCUT2D eigenvalue weighted by molar-refractivity contribution is 5.98. The van der Waals surface area contributed by atoms with E-state index >= 15 is 0 Å². The fraction of sp³-hybridized carbons (Fsp3) is 0.400. The first kappa shape index (κ1) is 11.7. The number of hydrogen-bond donors (Lipinski definition) is 0. The van der Waals surface area contributed by atoms with Crippen LogP contribution in [-0.2, 0) is 6.42 Å². The van der Waals surface area contributed by atoms with Crippen molar-refractivity contribution in [2.45, 2.75) is 38.7 Å². The Bertz CT molecular complexity index is 492.